The van der Waals surface area contributed by atoms with E-state index in [1.165, 1.54) is 13.2 Å². The highest BCUT2D eigenvalue weighted by Crippen LogP contribution is 2.48. The molecule has 0 fully saturated rings. The first-order valence-electron chi connectivity index (χ1n) is 5.34. The van der Waals surface area contributed by atoms with E-state index < -0.39 is 5.60 Å². The quantitative estimate of drug-likeness (QED) is 0.857. The lowest BCUT2D eigenvalue weighted by atomic mass is 10.0. The highest BCUT2D eigenvalue weighted by Gasteiger charge is 2.28. The fourth-order valence-electron chi connectivity index (χ4n) is 1.82. The van der Waals surface area contributed by atoms with Gasteiger partial charge in [-0.3, -0.25) is 0 Å². The number of hydrogen-bond acceptors (Lipinski definition) is 4. The summed E-state index contributed by atoms with van der Waals surface area (Å²) in [5.74, 6) is 1.41. The van der Waals surface area contributed by atoms with E-state index in [-0.39, 0.29) is 5.75 Å². The molecule has 0 amide bonds. The summed E-state index contributed by atoms with van der Waals surface area (Å²) in [4.78, 5) is 0. The molecule has 1 heterocycles. The molecule has 4 heteroatoms. The van der Waals surface area contributed by atoms with Crippen molar-refractivity contribution in [2.45, 2.75) is 19.4 Å². The van der Waals surface area contributed by atoms with Crippen LogP contribution in [0, 0.1) is 0 Å². The molecular formula is C13H16O4. The molecular weight excluding hydrogens is 220 g/mol. The molecule has 1 aliphatic heterocycles. The zero-order valence-corrected chi connectivity index (χ0v) is 10.4. The van der Waals surface area contributed by atoms with Crippen LogP contribution in [0.5, 0.6) is 23.0 Å². The van der Waals surface area contributed by atoms with Gasteiger partial charge in [-0.25, -0.2) is 0 Å². The van der Waals surface area contributed by atoms with E-state index in [1.807, 2.05) is 26.0 Å². The Balaban J connectivity index is 2.67. The maximum absolute atomic E-state index is 9.84. The summed E-state index contributed by atoms with van der Waals surface area (Å²) in [6, 6.07) is 1.52. The van der Waals surface area contributed by atoms with Crippen LogP contribution in [0.15, 0.2) is 12.1 Å². The molecule has 0 atom stereocenters. The van der Waals surface area contributed by atoms with Gasteiger partial charge in [0.15, 0.2) is 11.5 Å². The van der Waals surface area contributed by atoms with E-state index in [4.69, 9.17) is 14.2 Å². The van der Waals surface area contributed by atoms with Crippen molar-refractivity contribution in [1.82, 2.24) is 0 Å². The number of benzene rings is 1. The summed E-state index contributed by atoms with van der Waals surface area (Å²) >= 11 is 0. The number of methoxy groups -OCH3 is 2. The van der Waals surface area contributed by atoms with Crippen molar-refractivity contribution in [2.24, 2.45) is 0 Å². The van der Waals surface area contributed by atoms with Crippen molar-refractivity contribution in [3.05, 3.63) is 17.7 Å². The normalized spacial score (nSPS) is 16.0. The molecule has 92 valence electrons. The Morgan fingerprint density at radius 1 is 1.24 bits per heavy atom. The van der Waals surface area contributed by atoms with E-state index in [2.05, 4.69) is 0 Å². The fraction of sp³-hybridized carbons (Fsp3) is 0.385. The second-order valence-electron chi connectivity index (χ2n) is 4.41. The lowest BCUT2D eigenvalue weighted by molar-refractivity contribution is 0.150. The average molecular weight is 236 g/mol. The Labute approximate surface area is 100 Å². The van der Waals surface area contributed by atoms with Crippen LogP contribution in [-0.2, 0) is 0 Å². The molecule has 2 rings (SSSR count). The Kier molecular flexibility index (Phi) is 2.65. The zero-order chi connectivity index (χ0) is 12.6. The molecule has 0 bridgehead atoms. The molecule has 1 N–H and O–H groups in total. The second kappa shape index (κ2) is 3.87. The molecule has 0 aromatic heterocycles. The third-order valence-corrected chi connectivity index (χ3v) is 2.66. The first-order valence-corrected chi connectivity index (χ1v) is 5.34. The van der Waals surface area contributed by atoms with Gasteiger partial charge in [0.1, 0.15) is 11.4 Å². The van der Waals surface area contributed by atoms with Crippen LogP contribution in [0.2, 0.25) is 0 Å². The van der Waals surface area contributed by atoms with E-state index in [1.54, 1.807) is 7.11 Å². The van der Waals surface area contributed by atoms with Gasteiger partial charge in [-0.05, 0) is 26.0 Å². The predicted octanol–water partition coefficient (Wildman–Crippen LogP) is 2.59. The minimum absolute atomic E-state index is 0.00852. The second-order valence-corrected chi connectivity index (χ2v) is 4.41. The lowest BCUT2D eigenvalue weighted by Gasteiger charge is -2.29. The molecule has 0 spiro atoms. The largest absolute Gasteiger partial charge is 0.504 e. The number of phenols is 1. The maximum atomic E-state index is 9.84. The smallest absolute Gasteiger partial charge is 0.204 e. The van der Waals surface area contributed by atoms with Gasteiger partial charge in [0, 0.05) is 6.07 Å². The average Bonchev–Trinajstić information content (AvgIpc) is 2.26. The fourth-order valence-corrected chi connectivity index (χ4v) is 1.82. The minimum atomic E-state index is -0.431. The number of fused-ring (bicyclic) bond motifs is 1. The molecule has 1 aliphatic rings. The highest BCUT2D eigenvalue weighted by molar-refractivity contribution is 5.74. The molecule has 1 aromatic carbocycles. The van der Waals surface area contributed by atoms with Crippen molar-refractivity contribution in [3.8, 4) is 23.0 Å². The van der Waals surface area contributed by atoms with Crippen LogP contribution in [0.1, 0.15) is 19.4 Å². The summed E-state index contributed by atoms with van der Waals surface area (Å²) in [5, 5.41) is 9.84. The third-order valence-electron chi connectivity index (χ3n) is 2.66. The van der Waals surface area contributed by atoms with Crippen molar-refractivity contribution < 1.29 is 19.3 Å². The van der Waals surface area contributed by atoms with Crippen molar-refractivity contribution in [3.63, 3.8) is 0 Å². The van der Waals surface area contributed by atoms with Gasteiger partial charge in [0.25, 0.3) is 0 Å². The van der Waals surface area contributed by atoms with Crippen LogP contribution in [0.3, 0.4) is 0 Å². The van der Waals surface area contributed by atoms with Crippen molar-refractivity contribution >= 4 is 6.08 Å². The molecule has 1 aromatic rings. The van der Waals surface area contributed by atoms with Crippen molar-refractivity contribution in [1.29, 1.82) is 0 Å². The summed E-state index contributed by atoms with van der Waals surface area (Å²) in [6.07, 6.45) is 3.86. The first kappa shape index (κ1) is 11.6. The van der Waals surface area contributed by atoms with Gasteiger partial charge in [0.2, 0.25) is 5.75 Å². The van der Waals surface area contributed by atoms with Crippen LogP contribution in [0.25, 0.3) is 6.08 Å². The Hall–Kier alpha value is -1.84. The molecule has 4 nitrogen and oxygen atoms in total. The molecule has 0 radical (unpaired) electrons. The van der Waals surface area contributed by atoms with Gasteiger partial charge in [0.05, 0.1) is 19.8 Å². The highest BCUT2D eigenvalue weighted by atomic mass is 16.5. The first-order chi connectivity index (χ1) is 7.98. The van der Waals surface area contributed by atoms with Gasteiger partial charge in [-0.1, -0.05) is 0 Å². The van der Waals surface area contributed by atoms with Gasteiger partial charge >= 0.3 is 0 Å². The Bertz CT molecular complexity index is 475. The van der Waals surface area contributed by atoms with E-state index in [0.29, 0.717) is 17.2 Å². The molecule has 0 saturated carbocycles. The molecule has 0 unspecified atom stereocenters. The number of ether oxygens (including phenoxy) is 3. The number of aromatic hydroxyl groups is 1. The number of phenolic OH excluding ortho intramolecular Hbond substituents is 1. The minimum Gasteiger partial charge on any atom is -0.504 e. The molecule has 17 heavy (non-hydrogen) atoms. The summed E-state index contributed by atoms with van der Waals surface area (Å²) < 4.78 is 16.2. The standard InChI is InChI=1S/C13H16O4/c1-13(2)6-5-8-10(15-3)7-9(14)12(16-4)11(8)17-13/h5-7,14H,1-4H3. The zero-order valence-electron chi connectivity index (χ0n) is 10.4. The van der Waals surface area contributed by atoms with Crippen molar-refractivity contribution in [2.75, 3.05) is 14.2 Å². The Morgan fingerprint density at radius 3 is 2.53 bits per heavy atom. The van der Waals surface area contributed by atoms with E-state index in [9.17, 15) is 5.11 Å². The van der Waals surface area contributed by atoms with Gasteiger partial charge in [-0.2, -0.15) is 0 Å². The lowest BCUT2D eigenvalue weighted by Crippen LogP contribution is -2.27. The van der Waals surface area contributed by atoms with Crippen LogP contribution in [0.4, 0.5) is 0 Å². The van der Waals surface area contributed by atoms with E-state index >= 15 is 0 Å². The van der Waals surface area contributed by atoms with E-state index in [0.717, 1.165) is 5.56 Å². The predicted molar refractivity (Wildman–Crippen MR) is 65.0 cm³/mol. The monoisotopic (exact) mass is 236 g/mol. The summed E-state index contributed by atoms with van der Waals surface area (Å²) in [5.41, 5.74) is 0.348. The molecule has 0 saturated heterocycles. The molecule has 0 aliphatic carbocycles. The van der Waals surface area contributed by atoms with Crippen LogP contribution < -0.4 is 14.2 Å². The van der Waals surface area contributed by atoms with Gasteiger partial charge in [-0.15, -0.1) is 0 Å². The summed E-state index contributed by atoms with van der Waals surface area (Å²) in [6.45, 7) is 3.87. The Morgan fingerprint density at radius 2 is 1.94 bits per heavy atom. The number of hydrogen-bond donors (Lipinski definition) is 1. The number of rotatable bonds is 2. The maximum Gasteiger partial charge on any atom is 0.204 e. The SMILES string of the molecule is COc1cc(O)c(OC)c2c1C=CC(C)(C)O2. The van der Waals surface area contributed by atoms with Gasteiger partial charge < -0.3 is 19.3 Å². The van der Waals surface area contributed by atoms with Crippen LogP contribution >= 0.6 is 0 Å². The summed E-state index contributed by atoms with van der Waals surface area (Å²) in [7, 11) is 3.05. The topological polar surface area (TPSA) is 47.9 Å². The third kappa shape index (κ3) is 1.90. The van der Waals surface area contributed by atoms with Crippen LogP contribution in [-0.4, -0.2) is 24.9 Å².